The lowest BCUT2D eigenvalue weighted by molar-refractivity contribution is 0.484. The third-order valence-electron chi connectivity index (χ3n) is 3.30. The quantitative estimate of drug-likeness (QED) is 0.857. The topological polar surface area (TPSA) is 12.0 Å². The summed E-state index contributed by atoms with van der Waals surface area (Å²) in [7, 11) is 0. The predicted molar refractivity (Wildman–Crippen MR) is 72.9 cm³/mol. The smallest absolute Gasteiger partial charge is 0.127 e. The molecule has 94 valence electrons. The highest BCUT2D eigenvalue weighted by Gasteiger charge is 2.18. The Morgan fingerprint density at radius 1 is 1.47 bits per heavy atom. The zero-order valence-corrected chi connectivity index (χ0v) is 11.1. The molecule has 1 aliphatic rings. The van der Waals surface area contributed by atoms with Crippen molar-refractivity contribution in [2.75, 3.05) is 12.3 Å². The highest BCUT2D eigenvalue weighted by atomic mass is 32.2. The third-order valence-corrected chi connectivity index (χ3v) is 4.70. The molecule has 2 atom stereocenters. The van der Waals surface area contributed by atoms with Gasteiger partial charge < -0.3 is 5.32 Å². The molecule has 0 saturated carbocycles. The first-order chi connectivity index (χ1) is 8.31. The van der Waals surface area contributed by atoms with E-state index in [4.69, 9.17) is 0 Å². The summed E-state index contributed by atoms with van der Waals surface area (Å²) in [5.41, 5.74) is 0.804. The Kier molecular flexibility index (Phi) is 4.86. The van der Waals surface area contributed by atoms with Gasteiger partial charge in [-0.1, -0.05) is 25.1 Å². The van der Waals surface area contributed by atoms with Crippen LogP contribution in [0.3, 0.4) is 0 Å². The van der Waals surface area contributed by atoms with Crippen LogP contribution in [0.15, 0.2) is 24.3 Å². The van der Waals surface area contributed by atoms with Crippen molar-refractivity contribution in [3.63, 3.8) is 0 Å². The van der Waals surface area contributed by atoms with Gasteiger partial charge in [0.1, 0.15) is 5.82 Å². The van der Waals surface area contributed by atoms with Crippen LogP contribution < -0.4 is 5.32 Å². The van der Waals surface area contributed by atoms with E-state index in [0.717, 1.165) is 23.8 Å². The molecule has 0 aliphatic carbocycles. The molecule has 0 bridgehead atoms. The van der Waals surface area contributed by atoms with Crippen molar-refractivity contribution in [3.8, 4) is 0 Å². The zero-order valence-electron chi connectivity index (χ0n) is 10.3. The van der Waals surface area contributed by atoms with E-state index in [1.807, 2.05) is 23.9 Å². The van der Waals surface area contributed by atoms with Gasteiger partial charge in [0, 0.05) is 23.4 Å². The number of halogens is 1. The summed E-state index contributed by atoms with van der Waals surface area (Å²) < 4.78 is 13.7. The van der Waals surface area contributed by atoms with Gasteiger partial charge in [-0.15, -0.1) is 0 Å². The van der Waals surface area contributed by atoms with Crippen LogP contribution in [0.5, 0.6) is 0 Å². The van der Waals surface area contributed by atoms with Gasteiger partial charge in [-0.2, -0.15) is 11.8 Å². The molecule has 0 radical (unpaired) electrons. The van der Waals surface area contributed by atoms with Crippen molar-refractivity contribution in [3.05, 3.63) is 35.6 Å². The van der Waals surface area contributed by atoms with Crippen molar-refractivity contribution >= 4 is 11.8 Å². The van der Waals surface area contributed by atoms with Crippen LogP contribution in [0.2, 0.25) is 0 Å². The van der Waals surface area contributed by atoms with E-state index in [1.165, 1.54) is 18.6 Å². The van der Waals surface area contributed by atoms with Gasteiger partial charge in [0.25, 0.3) is 0 Å². The summed E-state index contributed by atoms with van der Waals surface area (Å²) >= 11 is 2.04. The van der Waals surface area contributed by atoms with Gasteiger partial charge in [0.2, 0.25) is 0 Å². The molecule has 2 unspecified atom stereocenters. The second-order valence-electron chi connectivity index (χ2n) is 4.53. The van der Waals surface area contributed by atoms with E-state index in [9.17, 15) is 4.39 Å². The molecule has 1 aromatic carbocycles. The van der Waals surface area contributed by atoms with E-state index in [1.54, 1.807) is 12.1 Å². The van der Waals surface area contributed by atoms with Crippen molar-refractivity contribution in [2.24, 2.45) is 0 Å². The highest BCUT2D eigenvalue weighted by molar-refractivity contribution is 8.00. The average Bonchev–Trinajstić information content (AvgIpc) is 2.85. The Morgan fingerprint density at radius 3 is 2.94 bits per heavy atom. The van der Waals surface area contributed by atoms with Gasteiger partial charge in [0.15, 0.2) is 0 Å². The second-order valence-corrected chi connectivity index (χ2v) is 5.93. The molecule has 2 rings (SSSR count). The molecule has 1 N–H and O–H groups in total. The highest BCUT2D eigenvalue weighted by Crippen LogP contribution is 2.27. The summed E-state index contributed by atoms with van der Waals surface area (Å²) in [6.07, 6.45) is 3.55. The molecule has 1 nitrogen and oxygen atoms in total. The Morgan fingerprint density at radius 2 is 2.29 bits per heavy atom. The fraction of sp³-hybridized carbons (Fsp3) is 0.571. The monoisotopic (exact) mass is 253 g/mol. The number of benzene rings is 1. The molecule has 0 aromatic heterocycles. The van der Waals surface area contributed by atoms with Crippen LogP contribution in [0, 0.1) is 5.82 Å². The predicted octanol–water partition coefficient (Wildman–Crippen LogP) is 3.76. The average molecular weight is 253 g/mol. The molecular formula is C14H20FNS. The van der Waals surface area contributed by atoms with Crippen molar-refractivity contribution in [2.45, 2.75) is 37.5 Å². The second kappa shape index (κ2) is 6.41. The largest absolute Gasteiger partial charge is 0.309 e. The van der Waals surface area contributed by atoms with Gasteiger partial charge >= 0.3 is 0 Å². The van der Waals surface area contributed by atoms with Crippen LogP contribution in [-0.2, 0) is 0 Å². The van der Waals surface area contributed by atoms with Gasteiger partial charge in [-0.25, -0.2) is 4.39 Å². The van der Waals surface area contributed by atoms with Crippen LogP contribution in [0.4, 0.5) is 4.39 Å². The van der Waals surface area contributed by atoms with Gasteiger partial charge in [0.05, 0.1) is 0 Å². The molecule has 1 fully saturated rings. The Bertz CT molecular complexity index is 350. The molecule has 1 saturated heterocycles. The summed E-state index contributed by atoms with van der Waals surface area (Å²) in [6.45, 7) is 3.10. The van der Waals surface area contributed by atoms with E-state index in [0.29, 0.717) is 0 Å². The maximum Gasteiger partial charge on any atom is 0.127 e. The molecule has 0 spiro atoms. The number of nitrogens with one attached hydrogen (secondary N) is 1. The van der Waals surface area contributed by atoms with E-state index in [-0.39, 0.29) is 11.9 Å². The number of rotatable bonds is 5. The maximum absolute atomic E-state index is 13.7. The first-order valence-electron chi connectivity index (χ1n) is 6.40. The molecule has 1 aliphatic heterocycles. The molecule has 1 aromatic rings. The van der Waals surface area contributed by atoms with Crippen molar-refractivity contribution in [1.29, 1.82) is 0 Å². The van der Waals surface area contributed by atoms with Crippen molar-refractivity contribution < 1.29 is 4.39 Å². The molecule has 1 heterocycles. The minimum absolute atomic E-state index is 0.0917. The molecule has 17 heavy (non-hydrogen) atoms. The summed E-state index contributed by atoms with van der Waals surface area (Å²) in [6, 6.07) is 7.24. The summed E-state index contributed by atoms with van der Waals surface area (Å²) in [5.74, 6) is 1.19. The Hall–Kier alpha value is -0.540. The Balaban J connectivity index is 1.94. The van der Waals surface area contributed by atoms with E-state index >= 15 is 0 Å². The SMILES string of the molecule is CCC(NCC1CCCS1)c1ccccc1F. The lowest BCUT2D eigenvalue weighted by Gasteiger charge is -2.20. The first-order valence-corrected chi connectivity index (χ1v) is 7.45. The minimum atomic E-state index is -0.0917. The number of thioether (sulfide) groups is 1. The lowest BCUT2D eigenvalue weighted by Crippen LogP contribution is -2.28. The number of hydrogen-bond acceptors (Lipinski definition) is 2. The fourth-order valence-corrected chi connectivity index (χ4v) is 3.53. The van der Waals surface area contributed by atoms with Gasteiger partial charge in [-0.3, -0.25) is 0 Å². The molecular weight excluding hydrogens is 233 g/mol. The van der Waals surface area contributed by atoms with Crippen LogP contribution in [0.1, 0.15) is 37.8 Å². The molecule has 0 amide bonds. The maximum atomic E-state index is 13.7. The lowest BCUT2D eigenvalue weighted by atomic mass is 10.0. The summed E-state index contributed by atoms with van der Waals surface area (Å²) in [4.78, 5) is 0. The van der Waals surface area contributed by atoms with Crippen LogP contribution in [-0.4, -0.2) is 17.5 Å². The first kappa shape index (κ1) is 12.9. The van der Waals surface area contributed by atoms with Crippen LogP contribution >= 0.6 is 11.8 Å². The standard InChI is InChI=1S/C14H20FNS/c1-2-14(12-7-3-4-8-13(12)15)16-10-11-6-5-9-17-11/h3-4,7-8,11,14,16H,2,5-6,9-10H2,1H3. The van der Waals surface area contributed by atoms with E-state index in [2.05, 4.69) is 12.2 Å². The third kappa shape index (κ3) is 3.46. The zero-order chi connectivity index (χ0) is 12.1. The van der Waals surface area contributed by atoms with Gasteiger partial charge in [-0.05, 0) is 31.1 Å². The minimum Gasteiger partial charge on any atom is -0.309 e. The fourth-order valence-electron chi connectivity index (χ4n) is 2.31. The molecule has 3 heteroatoms. The van der Waals surface area contributed by atoms with Crippen LogP contribution in [0.25, 0.3) is 0 Å². The van der Waals surface area contributed by atoms with E-state index < -0.39 is 0 Å². The summed E-state index contributed by atoms with van der Waals surface area (Å²) in [5, 5.41) is 4.23. The Labute approximate surface area is 107 Å². The van der Waals surface area contributed by atoms with Crippen molar-refractivity contribution in [1.82, 2.24) is 5.32 Å². The number of hydrogen-bond donors (Lipinski definition) is 1. The normalized spacial score (nSPS) is 21.6.